The van der Waals surface area contributed by atoms with E-state index in [0.717, 1.165) is 44.9 Å². The molecule has 4 aromatic rings. The van der Waals surface area contributed by atoms with E-state index in [-0.39, 0.29) is 0 Å². The lowest BCUT2D eigenvalue weighted by molar-refractivity contribution is 0.414. The highest BCUT2D eigenvalue weighted by Crippen LogP contribution is 2.13. The number of benzene rings is 4. The van der Waals surface area contributed by atoms with Gasteiger partial charge in [0.1, 0.15) is 11.5 Å². The van der Waals surface area contributed by atoms with Crippen LogP contribution in [0.25, 0.3) is 0 Å². The van der Waals surface area contributed by atoms with Crippen molar-refractivity contribution in [2.45, 2.75) is 0 Å². The number of methoxy groups -OCH3 is 2. The van der Waals surface area contributed by atoms with Gasteiger partial charge in [0.05, 0.1) is 14.2 Å². The second kappa shape index (κ2) is 11.2. The third-order valence-electron chi connectivity index (χ3n) is 5.05. The summed E-state index contributed by atoms with van der Waals surface area (Å²) < 4.78 is 10.4. The molecule has 0 saturated heterocycles. The Balaban J connectivity index is 1.60. The zero-order valence-electron chi connectivity index (χ0n) is 19.1. The van der Waals surface area contributed by atoms with Crippen LogP contribution in [0, 0.1) is 35.5 Å². The fourth-order valence-electron chi connectivity index (χ4n) is 3.16. The van der Waals surface area contributed by atoms with Crippen LogP contribution in [0.2, 0.25) is 0 Å². The minimum Gasteiger partial charge on any atom is -0.497 e. The Labute approximate surface area is 201 Å². The van der Waals surface area contributed by atoms with Gasteiger partial charge in [0.15, 0.2) is 0 Å². The van der Waals surface area contributed by atoms with Gasteiger partial charge in [-0.05, 0) is 72.8 Å². The highest BCUT2D eigenvalue weighted by atomic mass is 16.5. The van der Waals surface area contributed by atoms with Crippen molar-refractivity contribution in [1.29, 1.82) is 0 Å². The molecule has 2 heteroatoms. The van der Waals surface area contributed by atoms with Crippen LogP contribution in [0.1, 0.15) is 33.4 Å². The van der Waals surface area contributed by atoms with Crippen LogP contribution in [0.3, 0.4) is 0 Å². The maximum atomic E-state index is 5.21. The predicted molar refractivity (Wildman–Crippen MR) is 137 cm³/mol. The van der Waals surface area contributed by atoms with Crippen molar-refractivity contribution in [3.8, 4) is 47.0 Å². The molecule has 0 spiro atoms. The molecular formula is C32H22O2. The van der Waals surface area contributed by atoms with Crippen LogP contribution < -0.4 is 9.47 Å². The first-order chi connectivity index (χ1) is 16.7. The van der Waals surface area contributed by atoms with Crippen molar-refractivity contribution >= 4 is 0 Å². The van der Waals surface area contributed by atoms with Gasteiger partial charge >= 0.3 is 0 Å². The lowest BCUT2D eigenvalue weighted by Gasteiger charge is -1.99. The van der Waals surface area contributed by atoms with Crippen molar-refractivity contribution in [3.63, 3.8) is 0 Å². The van der Waals surface area contributed by atoms with Crippen LogP contribution in [0.15, 0.2) is 97.1 Å². The van der Waals surface area contributed by atoms with Gasteiger partial charge in [-0.25, -0.2) is 0 Å². The Bertz CT molecular complexity index is 1350. The Morgan fingerprint density at radius 3 is 0.971 bits per heavy atom. The summed E-state index contributed by atoms with van der Waals surface area (Å²) in [4.78, 5) is 0. The Morgan fingerprint density at radius 2 is 0.676 bits per heavy atom. The van der Waals surface area contributed by atoms with Gasteiger partial charge in [0.2, 0.25) is 0 Å². The summed E-state index contributed by atoms with van der Waals surface area (Å²) in [6.45, 7) is 0. The second-order valence-electron chi connectivity index (χ2n) is 7.30. The fourth-order valence-corrected chi connectivity index (χ4v) is 3.16. The molecule has 0 saturated carbocycles. The molecule has 0 N–H and O–H groups in total. The minimum absolute atomic E-state index is 0.811. The summed E-state index contributed by atoms with van der Waals surface area (Å²) in [6.07, 6.45) is 0. The molecule has 0 heterocycles. The van der Waals surface area contributed by atoms with Gasteiger partial charge in [0.25, 0.3) is 0 Å². The molecule has 0 unspecified atom stereocenters. The summed E-state index contributed by atoms with van der Waals surface area (Å²) in [5.41, 5.74) is 5.36. The number of hydrogen-bond acceptors (Lipinski definition) is 2. The quantitative estimate of drug-likeness (QED) is 0.363. The van der Waals surface area contributed by atoms with Crippen LogP contribution >= 0.6 is 0 Å². The number of rotatable bonds is 2. The molecule has 4 rings (SSSR count). The fraction of sp³-hybridized carbons (Fsp3) is 0.0625. The van der Waals surface area contributed by atoms with Crippen molar-refractivity contribution in [1.82, 2.24) is 0 Å². The molecule has 4 aromatic carbocycles. The molecule has 0 radical (unpaired) electrons. The molecule has 0 fully saturated rings. The average molecular weight is 439 g/mol. The molecule has 0 aliphatic rings. The van der Waals surface area contributed by atoms with E-state index in [1.807, 2.05) is 97.1 Å². The zero-order chi connectivity index (χ0) is 23.6. The van der Waals surface area contributed by atoms with Gasteiger partial charge < -0.3 is 9.47 Å². The average Bonchev–Trinajstić information content (AvgIpc) is 2.91. The molecule has 0 bridgehead atoms. The Morgan fingerprint density at radius 1 is 0.382 bits per heavy atom. The maximum absolute atomic E-state index is 5.21. The first-order valence-electron chi connectivity index (χ1n) is 10.8. The lowest BCUT2D eigenvalue weighted by Crippen LogP contribution is -1.86. The lowest BCUT2D eigenvalue weighted by atomic mass is 10.0. The summed E-state index contributed by atoms with van der Waals surface area (Å²) in [5, 5.41) is 0. The van der Waals surface area contributed by atoms with Crippen LogP contribution in [-0.2, 0) is 0 Å². The van der Waals surface area contributed by atoms with Crippen molar-refractivity contribution in [2.75, 3.05) is 14.2 Å². The van der Waals surface area contributed by atoms with Crippen LogP contribution in [0.4, 0.5) is 0 Å². The van der Waals surface area contributed by atoms with Crippen LogP contribution in [-0.4, -0.2) is 14.2 Å². The summed E-state index contributed by atoms with van der Waals surface area (Å²) in [5.74, 6) is 21.1. The zero-order valence-corrected chi connectivity index (χ0v) is 19.1. The second-order valence-corrected chi connectivity index (χ2v) is 7.30. The normalized spacial score (nSPS) is 9.35. The first-order valence-corrected chi connectivity index (χ1v) is 10.8. The smallest absolute Gasteiger partial charge is 0.118 e. The Hall–Kier alpha value is -4.84. The highest BCUT2D eigenvalue weighted by molar-refractivity contribution is 5.58. The van der Waals surface area contributed by atoms with E-state index in [1.54, 1.807) is 14.2 Å². The van der Waals surface area contributed by atoms with Gasteiger partial charge in [0, 0.05) is 33.4 Å². The third kappa shape index (κ3) is 5.89. The largest absolute Gasteiger partial charge is 0.497 e. The number of hydrogen-bond donors (Lipinski definition) is 0. The van der Waals surface area contributed by atoms with E-state index in [1.165, 1.54) is 0 Å². The molecule has 0 aromatic heterocycles. The third-order valence-corrected chi connectivity index (χ3v) is 5.05. The van der Waals surface area contributed by atoms with Crippen molar-refractivity contribution in [2.24, 2.45) is 0 Å². The van der Waals surface area contributed by atoms with Gasteiger partial charge in [-0.1, -0.05) is 59.8 Å². The molecule has 0 aliphatic carbocycles. The Kier molecular flexibility index (Phi) is 7.33. The summed E-state index contributed by atoms with van der Waals surface area (Å²) >= 11 is 0. The van der Waals surface area contributed by atoms with Gasteiger partial charge in [-0.3, -0.25) is 0 Å². The highest BCUT2D eigenvalue weighted by Gasteiger charge is 1.98. The molecule has 0 amide bonds. The topological polar surface area (TPSA) is 18.5 Å². The minimum atomic E-state index is 0.811. The van der Waals surface area contributed by atoms with Crippen LogP contribution in [0.5, 0.6) is 11.5 Å². The van der Waals surface area contributed by atoms with E-state index in [4.69, 9.17) is 9.47 Å². The first kappa shape index (κ1) is 22.4. The monoisotopic (exact) mass is 438 g/mol. The molecule has 0 aliphatic heterocycles. The molecular weight excluding hydrogens is 416 g/mol. The van der Waals surface area contributed by atoms with E-state index in [0.29, 0.717) is 0 Å². The molecule has 34 heavy (non-hydrogen) atoms. The van der Waals surface area contributed by atoms with E-state index in [2.05, 4.69) is 35.5 Å². The van der Waals surface area contributed by atoms with Crippen molar-refractivity contribution in [3.05, 3.63) is 130 Å². The van der Waals surface area contributed by atoms with Crippen molar-refractivity contribution < 1.29 is 9.47 Å². The predicted octanol–water partition coefficient (Wildman–Crippen LogP) is 5.90. The molecule has 0 atom stereocenters. The van der Waals surface area contributed by atoms with E-state index < -0.39 is 0 Å². The van der Waals surface area contributed by atoms with E-state index >= 15 is 0 Å². The van der Waals surface area contributed by atoms with E-state index in [9.17, 15) is 0 Å². The standard InChI is InChI=1S/C32H22O2/c1-33-31-21-13-25(14-22-31)11-17-27-7-3-5-9-29(27)19-20-30-10-6-4-8-28(30)18-12-26-15-23-32(34-2)24-16-26/h3-10,13-16,21-24H,1-2H3. The number of ether oxygens (including phenoxy) is 2. The van der Waals surface area contributed by atoms with Gasteiger partial charge in [-0.2, -0.15) is 0 Å². The maximum Gasteiger partial charge on any atom is 0.118 e. The molecule has 162 valence electrons. The SMILES string of the molecule is COc1ccc(C#Cc2ccccc2C#Cc2ccccc2C#Cc2ccc(OC)cc2)cc1. The molecule has 2 nitrogen and oxygen atoms in total. The summed E-state index contributed by atoms with van der Waals surface area (Å²) in [7, 11) is 3.30. The summed E-state index contributed by atoms with van der Waals surface area (Å²) in [6, 6.07) is 31.2. The van der Waals surface area contributed by atoms with Gasteiger partial charge in [-0.15, -0.1) is 0 Å².